The first-order valence-corrected chi connectivity index (χ1v) is 9.47. The summed E-state index contributed by atoms with van der Waals surface area (Å²) in [5.41, 5.74) is 5.47. The fraction of sp³-hybridized carbons (Fsp3) is 0.120. The first-order chi connectivity index (χ1) is 13.6. The minimum absolute atomic E-state index is 0.212. The van der Waals surface area contributed by atoms with Crippen molar-refractivity contribution in [3.63, 3.8) is 0 Å². The third-order valence-electron chi connectivity index (χ3n) is 5.01. The van der Waals surface area contributed by atoms with Crippen molar-refractivity contribution in [3.05, 3.63) is 95.6 Å². The molecule has 4 aromatic carbocycles. The van der Waals surface area contributed by atoms with Gasteiger partial charge in [0.2, 0.25) is 0 Å². The van der Waals surface area contributed by atoms with Crippen molar-refractivity contribution in [2.75, 3.05) is 0 Å². The number of nitrogens with zero attached hydrogens (tertiary/aromatic N) is 1. The summed E-state index contributed by atoms with van der Waals surface area (Å²) in [4.78, 5) is 12.4. The van der Waals surface area contributed by atoms with Gasteiger partial charge in [-0.25, -0.2) is 5.43 Å². The molecule has 0 heterocycles. The Hall–Kier alpha value is -3.46. The number of benzene rings is 4. The van der Waals surface area contributed by atoms with Crippen LogP contribution in [0.3, 0.4) is 0 Å². The Bertz CT molecular complexity index is 1120. The first-order valence-electron chi connectivity index (χ1n) is 9.47. The Balaban J connectivity index is 1.63. The van der Waals surface area contributed by atoms with Gasteiger partial charge >= 0.3 is 0 Å². The van der Waals surface area contributed by atoms with Crippen molar-refractivity contribution in [2.45, 2.75) is 19.8 Å². The van der Waals surface area contributed by atoms with Gasteiger partial charge in [-0.15, -0.1) is 0 Å². The molecule has 28 heavy (non-hydrogen) atoms. The van der Waals surface area contributed by atoms with E-state index in [0.29, 0.717) is 11.5 Å². The maximum atomic E-state index is 12.4. The van der Waals surface area contributed by atoms with Gasteiger partial charge in [0.05, 0.1) is 6.21 Å². The zero-order valence-electron chi connectivity index (χ0n) is 16.0. The Labute approximate surface area is 164 Å². The molecule has 0 saturated carbocycles. The summed E-state index contributed by atoms with van der Waals surface area (Å²) in [6, 6.07) is 26.3. The molecular formula is C25H22N2O. The van der Waals surface area contributed by atoms with Gasteiger partial charge in [0.1, 0.15) is 0 Å². The van der Waals surface area contributed by atoms with E-state index in [2.05, 4.69) is 54.7 Å². The number of hydrazone groups is 1. The normalized spacial score (nSPS) is 11.5. The zero-order valence-corrected chi connectivity index (χ0v) is 16.0. The number of hydrogen-bond donors (Lipinski definition) is 1. The minimum Gasteiger partial charge on any atom is -0.267 e. The van der Waals surface area contributed by atoms with E-state index in [9.17, 15) is 4.79 Å². The van der Waals surface area contributed by atoms with E-state index in [-0.39, 0.29) is 5.91 Å². The predicted molar refractivity (Wildman–Crippen MR) is 117 cm³/mol. The average molecular weight is 366 g/mol. The third kappa shape index (κ3) is 3.52. The highest BCUT2D eigenvalue weighted by Crippen LogP contribution is 2.27. The van der Waals surface area contributed by atoms with Crippen LogP contribution in [-0.4, -0.2) is 12.1 Å². The van der Waals surface area contributed by atoms with Crippen molar-refractivity contribution in [3.8, 4) is 0 Å². The molecule has 0 aliphatic rings. The lowest BCUT2D eigenvalue weighted by Gasteiger charge is -2.08. The standard InChI is InChI=1S/C25H22N2O/c1-17(2)18-11-13-19(14-12-18)25(28)27-26-16-24-22-9-5-3-7-20(22)15-21-8-4-6-10-23(21)24/h3-17H,1-2H3,(H,27,28). The summed E-state index contributed by atoms with van der Waals surface area (Å²) < 4.78 is 0. The number of amides is 1. The van der Waals surface area contributed by atoms with Gasteiger partial charge in [-0.2, -0.15) is 5.10 Å². The average Bonchev–Trinajstić information content (AvgIpc) is 2.73. The van der Waals surface area contributed by atoms with Crippen LogP contribution in [0.15, 0.2) is 84.0 Å². The Morgan fingerprint density at radius 1 is 0.857 bits per heavy atom. The topological polar surface area (TPSA) is 41.5 Å². The van der Waals surface area contributed by atoms with Crippen LogP contribution in [0.25, 0.3) is 21.5 Å². The second kappa shape index (κ2) is 7.65. The van der Waals surface area contributed by atoms with Gasteiger partial charge in [0.25, 0.3) is 5.91 Å². The van der Waals surface area contributed by atoms with Gasteiger partial charge in [0, 0.05) is 11.1 Å². The molecule has 0 atom stereocenters. The maximum absolute atomic E-state index is 12.4. The van der Waals surface area contributed by atoms with Crippen LogP contribution in [0.2, 0.25) is 0 Å². The molecule has 0 spiro atoms. The number of nitrogens with one attached hydrogen (secondary N) is 1. The van der Waals surface area contributed by atoms with Crippen LogP contribution < -0.4 is 5.43 Å². The van der Waals surface area contributed by atoms with Crippen LogP contribution in [0, 0.1) is 0 Å². The van der Waals surface area contributed by atoms with Gasteiger partial charge in [0.15, 0.2) is 0 Å². The van der Waals surface area contributed by atoms with Crippen LogP contribution in [0.5, 0.6) is 0 Å². The second-order valence-corrected chi connectivity index (χ2v) is 7.21. The van der Waals surface area contributed by atoms with Crippen molar-refractivity contribution in [1.29, 1.82) is 0 Å². The molecule has 4 aromatic rings. The smallest absolute Gasteiger partial charge is 0.267 e. The van der Waals surface area contributed by atoms with E-state index in [1.165, 1.54) is 5.56 Å². The summed E-state index contributed by atoms with van der Waals surface area (Å²) >= 11 is 0. The SMILES string of the molecule is CC(C)c1ccc(C(=O)NN=Cc2c3ccccc3cc3ccccc23)cc1. The lowest BCUT2D eigenvalue weighted by Crippen LogP contribution is -2.17. The molecule has 0 bridgehead atoms. The molecule has 3 heteroatoms. The molecular weight excluding hydrogens is 344 g/mol. The second-order valence-electron chi connectivity index (χ2n) is 7.21. The summed E-state index contributed by atoms with van der Waals surface area (Å²) in [7, 11) is 0. The van der Waals surface area contributed by atoms with E-state index in [0.717, 1.165) is 27.1 Å². The Morgan fingerprint density at radius 2 is 1.43 bits per heavy atom. The van der Waals surface area contributed by atoms with Crippen molar-refractivity contribution < 1.29 is 4.79 Å². The number of rotatable bonds is 4. The van der Waals surface area contributed by atoms with Crippen LogP contribution in [0.4, 0.5) is 0 Å². The van der Waals surface area contributed by atoms with Crippen molar-refractivity contribution >= 4 is 33.7 Å². The maximum Gasteiger partial charge on any atom is 0.271 e. The third-order valence-corrected chi connectivity index (χ3v) is 5.01. The quantitative estimate of drug-likeness (QED) is 0.273. The molecule has 4 rings (SSSR count). The van der Waals surface area contributed by atoms with E-state index in [4.69, 9.17) is 0 Å². The lowest BCUT2D eigenvalue weighted by atomic mass is 9.97. The predicted octanol–water partition coefficient (Wildman–Crippen LogP) is 5.88. The molecule has 0 radical (unpaired) electrons. The summed E-state index contributed by atoms with van der Waals surface area (Å²) in [5, 5.41) is 8.78. The molecule has 0 aliphatic heterocycles. The largest absolute Gasteiger partial charge is 0.271 e. The summed E-state index contributed by atoms with van der Waals surface area (Å²) in [5.74, 6) is 0.228. The summed E-state index contributed by atoms with van der Waals surface area (Å²) in [6.07, 6.45) is 1.74. The van der Waals surface area contributed by atoms with E-state index in [1.54, 1.807) is 6.21 Å². The van der Waals surface area contributed by atoms with Crippen LogP contribution in [-0.2, 0) is 0 Å². The Morgan fingerprint density at radius 3 is 2.00 bits per heavy atom. The highest BCUT2D eigenvalue weighted by atomic mass is 16.2. The molecule has 0 aliphatic carbocycles. The summed E-state index contributed by atoms with van der Waals surface area (Å²) in [6.45, 7) is 4.27. The molecule has 0 aromatic heterocycles. The van der Waals surface area contributed by atoms with Crippen molar-refractivity contribution in [1.82, 2.24) is 5.43 Å². The van der Waals surface area contributed by atoms with E-state index < -0.39 is 0 Å². The zero-order chi connectivity index (χ0) is 19.5. The highest BCUT2D eigenvalue weighted by Gasteiger charge is 2.07. The number of hydrogen-bond acceptors (Lipinski definition) is 2. The van der Waals surface area contributed by atoms with Gasteiger partial charge < -0.3 is 0 Å². The molecule has 0 fully saturated rings. The first kappa shape index (κ1) is 17.9. The fourth-order valence-corrected chi connectivity index (χ4v) is 3.43. The number of carbonyl (C=O) groups excluding carboxylic acids is 1. The van der Waals surface area contributed by atoms with Gasteiger partial charge in [-0.1, -0.05) is 74.5 Å². The van der Waals surface area contributed by atoms with Crippen molar-refractivity contribution in [2.24, 2.45) is 5.10 Å². The number of fused-ring (bicyclic) bond motifs is 2. The molecule has 138 valence electrons. The molecule has 1 amide bonds. The molecule has 1 N–H and O–H groups in total. The van der Waals surface area contributed by atoms with Crippen LogP contribution >= 0.6 is 0 Å². The van der Waals surface area contributed by atoms with Crippen LogP contribution in [0.1, 0.15) is 41.3 Å². The highest BCUT2D eigenvalue weighted by molar-refractivity contribution is 6.13. The Kier molecular flexibility index (Phi) is 4.90. The van der Waals surface area contributed by atoms with E-state index >= 15 is 0 Å². The molecule has 0 saturated heterocycles. The lowest BCUT2D eigenvalue weighted by molar-refractivity contribution is 0.0955. The number of carbonyl (C=O) groups is 1. The van der Waals surface area contributed by atoms with Gasteiger partial charge in [-0.05, 0) is 51.2 Å². The molecule has 3 nitrogen and oxygen atoms in total. The van der Waals surface area contributed by atoms with Gasteiger partial charge in [-0.3, -0.25) is 4.79 Å². The molecule has 0 unspecified atom stereocenters. The fourth-order valence-electron chi connectivity index (χ4n) is 3.43. The monoisotopic (exact) mass is 366 g/mol. The van der Waals surface area contributed by atoms with E-state index in [1.807, 2.05) is 48.5 Å². The minimum atomic E-state index is -0.212.